The van der Waals surface area contributed by atoms with E-state index in [9.17, 15) is 35.7 Å². The van der Waals surface area contributed by atoms with E-state index < -0.39 is 55.1 Å². The van der Waals surface area contributed by atoms with Crippen LogP contribution in [0.15, 0.2) is 6.07 Å². The van der Waals surface area contributed by atoms with E-state index in [2.05, 4.69) is 13.8 Å². The molecular formula is C44H76Cl2O10. The van der Waals surface area contributed by atoms with Crippen LogP contribution in [0.1, 0.15) is 178 Å². The number of aromatic hydroxyl groups is 1. The number of aliphatic hydroxyl groups excluding tert-OH is 6. The van der Waals surface area contributed by atoms with E-state index in [-0.39, 0.29) is 28.9 Å². The number of hydrogen-bond donors (Lipinski definition) is 7. The van der Waals surface area contributed by atoms with Gasteiger partial charge in [-0.05, 0) is 69.9 Å². The van der Waals surface area contributed by atoms with Crippen LogP contribution in [-0.2, 0) is 22.3 Å². The molecule has 0 aromatic heterocycles. The van der Waals surface area contributed by atoms with E-state index in [0.717, 1.165) is 70.6 Å². The van der Waals surface area contributed by atoms with Crippen molar-refractivity contribution in [2.45, 2.75) is 234 Å². The Balaban J connectivity index is 1.78. The fraction of sp³-hybridized carbons (Fsp3) is 0.864. The molecule has 1 aromatic carbocycles. The highest BCUT2D eigenvalue weighted by Crippen LogP contribution is 2.44. The summed E-state index contributed by atoms with van der Waals surface area (Å²) in [5.41, 5.74) is 1.38. The molecule has 0 radical (unpaired) electrons. The highest BCUT2D eigenvalue weighted by Gasteiger charge is 2.44. The molecule has 0 amide bonds. The van der Waals surface area contributed by atoms with Crippen molar-refractivity contribution < 1.29 is 50.0 Å². The van der Waals surface area contributed by atoms with E-state index in [4.69, 9.17) is 37.4 Å². The van der Waals surface area contributed by atoms with Crippen molar-refractivity contribution in [3.8, 4) is 11.5 Å². The average molecular weight is 836 g/mol. The lowest BCUT2D eigenvalue weighted by Gasteiger charge is -2.39. The maximum absolute atomic E-state index is 12.1. The molecule has 0 spiro atoms. The maximum Gasteiger partial charge on any atom is 0.229 e. The van der Waals surface area contributed by atoms with Gasteiger partial charge in [0, 0.05) is 21.9 Å². The number of ether oxygens (including phenoxy) is 3. The fourth-order valence-corrected chi connectivity index (χ4v) is 8.65. The normalized spacial score (nSPS) is 28.0. The number of phenolic OH excluding ortho intramolecular Hbond substituents is 1. The molecule has 0 saturated carbocycles. The highest BCUT2D eigenvalue weighted by molar-refractivity contribution is 6.20. The fourth-order valence-electron chi connectivity index (χ4n) is 8.03. The number of rotatable bonds is 28. The van der Waals surface area contributed by atoms with Gasteiger partial charge in [-0.15, -0.1) is 23.2 Å². The molecular weight excluding hydrogens is 759 g/mol. The summed E-state index contributed by atoms with van der Waals surface area (Å²) in [5, 5.41) is 76.1. The minimum absolute atomic E-state index is 0.117. The van der Waals surface area contributed by atoms with Gasteiger partial charge in [0.15, 0.2) is 0 Å². The summed E-state index contributed by atoms with van der Waals surface area (Å²) in [5.74, 6) is 0.111. The second-order valence-corrected chi connectivity index (χ2v) is 17.8. The zero-order valence-corrected chi connectivity index (χ0v) is 36.0. The molecule has 0 bridgehead atoms. The molecule has 0 aliphatic carbocycles. The first-order chi connectivity index (χ1) is 26.9. The Morgan fingerprint density at radius 2 is 1.14 bits per heavy atom. The predicted molar refractivity (Wildman–Crippen MR) is 223 cm³/mol. The van der Waals surface area contributed by atoms with E-state index in [1.54, 1.807) is 13.0 Å². The summed E-state index contributed by atoms with van der Waals surface area (Å²) in [6.45, 7) is 5.78. The Kier molecular flexibility index (Phi) is 23.9. The first-order valence-electron chi connectivity index (χ1n) is 22.1. The van der Waals surface area contributed by atoms with Crippen molar-refractivity contribution in [2.75, 3.05) is 6.61 Å². The molecule has 7 N–H and O–H groups in total. The Labute approximate surface area is 347 Å². The van der Waals surface area contributed by atoms with Gasteiger partial charge in [-0.1, -0.05) is 110 Å². The Bertz CT molecular complexity index is 1210. The molecule has 56 heavy (non-hydrogen) atoms. The van der Waals surface area contributed by atoms with Gasteiger partial charge in [0.1, 0.15) is 54.2 Å². The van der Waals surface area contributed by atoms with Crippen LogP contribution in [-0.4, -0.2) is 102 Å². The molecule has 11 atom stereocenters. The first kappa shape index (κ1) is 49.4. The van der Waals surface area contributed by atoms with Crippen molar-refractivity contribution >= 4 is 23.2 Å². The maximum atomic E-state index is 12.1. The average Bonchev–Trinajstić information content (AvgIpc) is 3.17. The molecule has 10 nitrogen and oxygen atoms in total. The third-order valence-corrected chi connectivity index (χ3v) is 12.6. The van der Waals surface area contributed by atoms with Crippen molar-refractivity contribution in [3.05, 3.63) is 22.8 Å². The Morgan fingerprint density at radius 3 is 1.71 bits per heavy atom. The van der Waals surface area contributed by atoms with Crippen LogP contribution in [0.25, 0.3) is 0 Å². The van der Waals surface area contributed by atoms with Gasteiger partial charge >= 0.3 is 0 Å². The van der Waals surface area contributed by atoms with E-state index >= 15 is 0 Å². The monoisotopic (exact) mass is 834 g/mol. The number of unbranched alkanes of at least 4 members (excludes halogenated alkanes) is 13. The number of hydrogen-bond acceptors (Lipinski definition) is 10. The van der Waals surface area contributed by atoms with Crippen LogP contribution in [0, 0.1) is 0 Å². The Hall–Kier alpha value is -0.920. The molecule has 2 fully saturated rings. The molecule has 2 heterocycles. The number of aryl methyl sites for hydroxylation is 1. The van der Waals surface area contributed by atoms with Crippen molar-refractivity contribution in [2.24, 2.45) is 0 Å². The van der Waals surface area contributed by atoms with Crippen LogP contribution in [0.3, 0.4) is 0 Å². The number of alkyl halides is 2. The van der Waals surface area contributed by atoms with Crippen LogP contribution in [0.2, 0.25) is 0 Å². The summed E-state index contributed by atoms with van der Waals surface area (Å²) in [7, 11) is 0. The molecule has 2 saturated heterocycles. The second kappa shape index (κ2) is 27.0. The lowest BCUT2D eigenvalue weighted by Crippen LogP contribution is -2.58. The Morgan fingerprint density at radius 1 is 0.643 bits per heavy atom. The van der Waals surface area contributed by atoms with E-state index in [1.165, 1.54) is 57.8 Å². The van der Waals surface area contributed by atoms with Gasteiger partial charge in [0.2, 0.25) is 6.29 Å². The largest absolute Gasteiger partial charge is 0.507 e. The zero-order chi connectivity index (χ0) is 41.0. The number of benzene rings is 1. The molecule has 0 unspecified atom stereocenters. The van der Waals surface area contributed by atoms with Gasteiger partial charge in [0.05, 0.1) is 12.7 Å². The van der Waals surface area contributed by atoms with Crippen LogP contribution >= 0.6 is 23.2 Å². The van der Waals surface area contributed by atoms with Crippen molar-refractivity contribution in [1.29, 1.82) is 0 Å². The first-order valence-corrected chi connectivity index (χ1v) is 23.0. The number of aliphatic hydroxyl groups is 6. The quantitative estimate of drug-likeness (QED) is 0.0322. The smallest absolute Gasteiger partial charge is 0.229 e. The van der Waals surface area contributed by atoms with Crippen LogP contribution < -0.4 is 4.74 Å². The topological polar surface area (TPSA) is 169 Å². The number of phenols is 1. The van der Waals surface area contributed by atoms with E-state index in [1.807, 2.05) is 0 Å². The van der Waals surface area contributed by atoms with Gasteiger partial charge in [-0.2, -0.15) is 0 Å². The molecule has 2 aliphatic rings. The lowest BCUT2D eigenvalue weighted by atomic mass is 9.86. The number of halogens is 2. The second-order valence-electron chi connectivity index (χ2n) is 16.5. The predicted octanol–water partition coefficient (Wildman–Crippen LogP) is 8.28. The van der Waals surface area contributed by atoms with Crippen LogP contribution in [0.4, 0.5) is 0 Å². The molecule has 326 valence electrons. The van der Waals surface area contributed by atoms with E-state index in [0.29, 0.717) is 36.0 Å². The molecule has 1 aromatic rings. The summed E-state index contributed by atoms with van der Waals surface area (Å²) in [4.78, 5) is 0. The molecule has 12 heteroatoms. The molecule has 2 aliphatic heterocycles. The molecule has 3 rings (SSSR count). The van der Waals surface area contributed by atoms with Gasteiger partial charge in [-0.3, -0.25) is 0 Å². The SMILES string of the molecule is CCCCCCCCC[C@@H](Cl)CCCCCc1cc(O[C@@H]2O[C@@H](C)[C@H](O)[C@@H](O)[C@H]2O)c(CCCCC[C@H](Cl)CCCCCC)c(O)c1[C@@H]1OC[C@@H](O)[C@H](O)[C@H]1O. The van der Waals surface area contributed by atoms with Gasteiger partial charge in [0.25, 0.3) is 0 Å². The lowest BCUT2D eigenvalue weighted by molar-refractivity contribution is -0.268. The summed E-state index contributed by atoms with van der Waals surface area (Å²) in [6.07, 6.45) is 11.3. The standard InChI is InChI=1S/C44H76Cl2O10/c1-4-6-8-10-11-12-17-23-32(46)24-18-13-15-21-30-27-35(56-44-42(53)40(51)37(48)29(3)55-44)33(26-20-14-19-25-31(45)22-16-9-7-5-2)38(49)36(30)43-41(52)39(50)34(47)28-54-43/h27,29,31-32,34,37,39-44,47-53H,4-26,28H2,1-3H3/t29-,31+,32+,34+,37-,39-,40+,41+,42+,43-,44-/m0/s1. The minimum atomic E-state index is -1.55. The zero-order valence-electron chi connectivity index (χ0n) is 34.5. The van der Waals surface area contributed by atoms with Gasteiger partial charge < -0.3 is 50.0 Å². The van der Waals surface area contributed by atoms with Crippen molar-refractivity contribution in [1.82, 2.24) is 0 Å². The minimum Gasteiger partial charge on any atom is -0.507 e. The van der Waals surface area contributed by atoms with Crippen LogP contribution in [0.5, 0.6) is 11.5 Å². The van der Waals surface area contributed by atoms with Gasteiger partial charge in [-0.25, -0.2) is 0 Å². The summed E-state index contributed by atoms with van der Waals surface area (Å²) < 4.78 is 18.0. The third kappa shape index (κ3) is 15.9. The summed E-state index contributed by atoms with van der Waals surface area (Å²) >= 11 is 13.3. The van der Waals surface area contributed by atoms with Crippen molar-refractivity contribution in [3.63, 3.8) is 0 Å². The summed E-state index contributed by atoms with van der Waals surface area (Å²) in [6, 6.07) is 1.77. The highest BCUT2D eigenvalue weighted by atomic mass is 35.5. The third-order valence-electron chi connectivity index (χ3n) is 11.7.